The average molecular weight is 395 g/mol. The molecule has 152 valence electrons. The molecule has 1 aliphatic rings. The molecule has 8 heteroatoms. The third-order valence-electron chi connectivity index (χ3n) is 4.70. The van der Waals surface area contributed by atoms with Crippen LogP contribution in [-0.4, -0.2) is 22.4 Å². The molecule has 0 aliphatic carbocycles. The fraction of sp³-hybridized carbons (Fsp3) is 0.381. The van der Waals surface area contributed by atoms with E-state index in [1.807, 2.05) is 19.9 Å². The molecule has 1 amide bonds. The zero-order chi connectivity index (χ0) is 21.4. The van der Waals surface area contributed by atoms with Gasteiger partial charge in [0.25, 0.3) is 5.69 Å². The number of fused-ring (bicyclic) bond motifs is 1. The van der Waals surface area contributed by atoms with E-state index < -0.39 is 10.3 Å². The van der Waals surface area contributed by atoms with Gasteiger partial charge in [0.05, 0.1) is 16.0 Å². The monoisotopic (exact) mass is 395 g/mol. The number of pyridine rings is 1. The molecular formula is C21H25N5O3. The first-order valence-electron chi connectivity index (χ1n) is 9.50. The number of hydrogen-bond acceptors (Lipinski definition) is 6. The molecule has 0 bridgehead atoms. The molecule has 0 radical (unpaired) electrons. The Labute approximate surface area is 170 Å². The number of nitriles is 1. The number of carbonyl (C=O) groups is 1. The summed E-state index contributed by atoms with van der Waals surface area (Å²) in [5.41, 5.74) is 1.63. The van der Waals surface area contributed by atoms with Crippen LogP contribution in [0.3, 0.4) is 0 Å². The Morgan fingerprint density at radius 3 is 2.62 bits per heavy atom. The van der Waals surface area contributed by atoms with Crippen LogP contribution in [0.15, 0.2) is 36.5 Å². The highest BCUT2D eigenvalue weighted by atomic mass is 16.6. The van der Waals surface area contributed by atoms with Crippen molar-refractivity contribution in [2.45, 2.75) is 45.4 Å². The molecule has 0 saturated heterocycles. The number of hydrogen-bond donors (Lipinski definition) is 2. The minimum Gasteiger partial charge on any atom is -0.379 e. The number of anilines is 2. The van der Waals surface area contributed by atoms with Crippen molar-refractivity contribution >= 4 is 23.0 Å². The zero-order valence-electron chi connectivity index (χ0n) is 16.9. The molecule has 2 heterocycles. The summed E-state index contributed by atoms with van der Waals surface area (Å²) in [7, 11) is 0. The van der Waals surface area contributed by atoms with Gasteiger partial charge in [-0.1, -0.05) is 25.8 Å². The van der Waals surface area contributed by atoms with E-state index in [4.69, 9.17) is 5.26 Å². The van der Waals surface area contributed by atoms with E-state index in [1.54, 1.807) is 30.5 Å². The van der Waals surface area contributed by atoms with Gasteiger partial charge in [-0.05, 0) is 44.0 Å². The number of nitro groups is 1. The molecule has 2 N–H and O–H groups in total. The molecule has 2 aromatic rings. The quantitative estimate of drug-likeness (QED) is 0.425. The van der Waals surface area contributed by atoms with E-state index in [1.165, 1.54) is 6.07 Å². The number of nitro benzene ring substituents is 1. The predicted octanol–water partition coefficient (Wildman–Crippen LogP) is 4.38. The summed E-state index contributed by atoms with van der Waals surface area (Å²) in [6.07, 6.45) is 4.74. The standard InChI is InChI=1S/C15H21N3O3.C6H4N2/c1-4-5-6-7-16-12-8-10-11(9-13(12)18(20)21)17-14(19)15(10,2)3;7-5-6-3-1-2-4-8-6/h8-9,16H,4-7H2,1-3H3,(H,17,19);1-4H. The minimum absolute atomic E-state index is 0.00301. The molecule has 0 saturated carbocycles. The van der Waals surface area contributed by atoms with E-state index in [-0.39, 0.29) is 11.6 Å². The highest BCUT2D eigenvalue weighted by molar-refractivity contribution is 6.06. The first kappa shape index (κ1) is 21.8. The van der Waals surface area contributed by atoms with E-state index in [0.717, 1.165) is 24.8 Å². The van der Waals surface area contributed by atoms with Crippen LogP contribution in [-0.2, 0) is 10.2 Å². The van der Waals surface area contributed by atoms with Gasteiger partial charge in [0.1, 0.15) is 17.5 Å². The van der Waals surface area contributed by atoms with Crippen LogP contribution in [0.4, 0.5) is 17.1 Å². The minimum atomic E-state index is -0.662. The van der Waals surface area contributed by atoms with E-state index >= 15 is 0 Å². The Kier molecular flexibility index (Phi) is 7.26. The van der Waals surface area contributed by atoms with Crippen molar-refractivity contribution in [1.82, 2.24) is 4.98 Å². The number of amides is 1. The Hall–Kier alpha value is -3.47. The molecule has 8 nitrogen and oxygen atoms in total. The molecular weight excluding hydrogens is 370 g/mol. The SMILES string of the molecule is CCCCCNc1cc2c(cc1[N+](=O)[O-])NC(=O)C2(C)C.N#Cc1ccccn1. The fourth-order valence-corrected chi connectivity index (χ4v) is 2.93. The second-order valence-electron chi connectivity index (χ2n) is 7.21. The number of carbonyl (C=O) groups excluding carboxylic acids is 1. The van der Waals surface area contributed by atoms with Crippen LogP contribution in [0.1, 0.15) is 51.3 Å². The first-order valence-corrected chi connectivity index (χ1v) is 9.50. The number of rotatable bonds is 6. The lowest BCUT2D eigenvalue weighted by Crippen LogP contribution is -2.26. The lowest BCUT2D eigenvalue weighted by molar-refractivity contribution is -0.383. The predicted molar refractivity (Wildman–Crippen MR) is 112 cm³/mol. The largest absolute Gasteiger partial charge is 0.379 e. The number of aromatic nitrogens is 1. The topological polar surface area (TPSA) is 121 Å². The van der Waals surface area contributed by atoms with Crippen LogP contribution in [0.5, 0.6) is 0 Å². The van der Waals surface area contributed by atoms with Crippen LogP contribution in [0.25, 0.3) is 0 Å². The molecule has 0 atom stereocenters. The summed E-state index contributed by atoms with van der Waals surface area (Å²) >= 11 is 0. The lowest BCUT2D eigenvalue weighted by atomic mass is 9.86. The Bertz CT molecular complexity index is 920. The summed E-state index contributed by atoms with van der Waals surface area (Å²) in [4.78, 5) is 26.5. The molecule has 1 aromatic heterocycles. The highest BCUT2D eigenvalue weighted by Crippen LogP contribution is 2.42. The summed E-state index contributed by atoms with van der Waals surface area (Å²) < 4.78 is 0. The maximum atomic E-state index is 11.9. The smallest absolute Gasteiger partial charge is 0.294 e. The molecule has 0 spiro atoms. The van der Waals surface area contributed by atoms with Crippen molar-refractivity contribution in [3.8, 4) is 6.07 Å². The van der Waals surface area contributed by atoms with Crippen LogP contribution in [0, 0.1) is 21.4 Å². The van der Waals surface area contributed by atoms with Crippen molar-refractivity contribution in [2.75, 3.05) is 17.2 Å². The molecule has 0 unspecified atom stereocenters. The van der Waals surface area contributed by atoms with Gasteiger partial charge < -0.3 is 10.6 Å². The third kappa shape index (κ3) is 5.29. The van der Waals surface area contributed by atoms with Gasteiger partial charge in [-0.15, -0.1) is 0 Å². The maximum absolute atomic E-state index is 11.9. The van der Waals surface area contributed by atoms with E-state index in [2.05, 4.69) is 22.5 Å². The number of nitrogens with one attached hydrogen (secondary N) is 2. The molecule has 1 aliphatic heterocycles. The normalized spacial score (nSPS) is 13.4. The second-order valence-corrected chi connectivity index (χ2v) is 7.21. The first-order chi connectivity index (χ1) is 13.8. The Balaban J connectivity index is 0.000000313. The molecule has 0 fully saturated rings. The van der Waals surface area contributed by atoms with Crippen molar-refractivity contribution in [2.24, 2.45) is 0 Å². The van der Waals surface area contributed by atoms with Crippen molar-refractivity contribution in [3.63, 3.8) is 0 Å². The zero-order valence-corrected chi connectivity index (χ0v) is 16.9. The summed E-state index contributed by atoms with van der Waals surface area (Å²) in [6.45, 7) is 6.44. The van der Waals surface area contributed by atoms with Crippen molar-refractivity contribution in [1.29, 1.82) is 5.26 Å². The van der Waals surface area contributed by atoms with Gasteiger partial charge in [0.15, 0.2) is 0 Å². The Morgan fingerprint density at radius 2 is 2.07 bits per heavy atom. The van der Waals surface area contributed by atoms with Gasteiger partial charge in [-0.2, -0.15) is 5.26 Å². The van der Waals surface area contributed by atoms with Gasteiger partial charge in [-0.25, -0.2) is 4.98 Å². The highest BCUT2D eigenvalue weighted by Gasteiger charge is 2.40. The van der Waals surface area contributed by atoms with Crippen molar-refractivity contribution in [3.05, 3.63) is 57.9 Å². The molecule has 29 heavy (non-hydrogen) atoms. The third-order valence-corrected chi connectivity index (χ3v) is 4.70. The van der Waals surface area contributed by atoms with Gasteiger partial charge in [0, 0.05) is 18.8 Å². The summed E-state index contributed by atoms with van der Waals surface area (Å²) in [5, 5.41) is 25.3. The summed E-state index contributed by atoms with van der Waals surface area (Å²) in [5.74, 6) is -0.130. The molecule has 1 aromatic carbocycles. The maximum Gasteiger partial charge on any atom is 0.294 e. The second kappa shape index (κ2) is 9.64. The molecule has 3 rings (SSSR count). The summed E-state index contributed by atoms with van der Waals surface area (Å²) in [6, 6.07) is 10.3. The number of benzene rings is 1. The van der Waals surface area contributed by atoms with Crippen LogP contribution < -0.4 is 10.6 Å². The Morgan fingerprint density at radius 1 is 1.31 bits per heavy atom. The van der Waals surface area contributed by atoms with Gasteiger partial charge in [0.2, 0.25) is 5.91 Å². The van der Waals surface area contributed by atoms with Gasteiger partial charge in [-0.3, -0.25) is 14.9 Å². The van der Waals surface area contributed by atoms with Gasteiger partial charge >= 0.3 is 0 Å². The number of nitrogens with zero attached hydrogens (tertiary/aromatic N) is 3. The van der Waals surface area contributed by atoms with Crippen LogP contribution in [0.2, 0.25) is 0 Å². The average Bonchev–Trinajstić information content (AvgIpc) is 2.94. The van der Waals surface area contributed by atoms with Crippen LogP contribution >= 0.6 is 0 Å². The van der Waals surface area contributed by atoms with Crippen molar-refractivity contribution < 1.29 is 9.72 Å². The number of unbranched alkanes of at least 4 members (excludes halogenated alkanes) is 2. The fourth-order valence-electron chi connectivity index (χ4n) is 2.93. The lowest BCUT2D eigenvalue weighted by Gasteiger charge is -2.16. The van der Waals surface area contributed by atoms with E-state index in [9.17, 15) is 14.9 Å². The van der Waals surface area contributed by atoms with E-state index in [0.29, 0.717) is 23.6 Å².